The van der Waals surface area contributed by atoms with Crippen molar-refractivity contribution >= 4 is 0 Å². The zero-order valence-corrected chi connectivity index (χ0v) is 11.9. The van der Waals surface area contributed by atoms with Crippen molar-refractivity contribution in [3.05, 3.63) is 35.4 Å². The number of aliphatic hydroxyl groups is 1. The van der Waals surface area contributed by atoms with Crippen LogP contribution in [0.5, 0.6) is 0 Å². The Hall–Kier alpha value is -0.900. The Balaban J connectivity index is 1.99. The minimum absolute atomic E-state index is 0.187. The minimum atomic E-state index is -0.411. The summed E-state index contributed by atoms with van der Waals surface area (Å²) in [5.41, 5.74) is 2.13. The smallest absolute Gasteiger partial charge is 0.0943 e. The standard InChI is InChI=1S/C16H25NO2/c1-3-12-8-9-17-15(10-12)16(18)14-6-4-13(5-7-14)11-19-2/h4-7,12,15-18H,3,8-11H2,1-2H3. The quantitative estimate of drug-likeness (QED) is 0.858. The summed E-state index contributed by atoms with van der Waals surface area (Å²) in [5.74, 6) is 0.744. The molecule has 1 heterocycles. The summed E-state index contributed by atoms with van der Waals surface area (Å²) in [6.45, 7) is 3.87. The molecular weight excluding hydrogens is 238 g/mol. The number of aliphatic hydroxyl groups excluding tert-OH is 1. The molecule has 0 saturated carbocycles. The van der Waals surface area contributed by atoms with Crippen LogP contribution in [0.25, 0.3) is 0 Å². The number of piperidine rings is 1. The Labute approximate surface area is 116 Å². The number of benzene rings is 1. The van der Waals surface area contributed by atoms with Crippen molar-refractivity contribution in [1.82, 2.24) is 5.32 Å². The van der Waals surface area contributed by atoms with Gasteiger partial charge in [-0.15, -0.1) is 0 Å². The molecule has 0 bridgehead atoms. The zero-order chi connectivity index (χ0) is 13.7. The maximum Gasteiger partial charge on any atom is 0.0943 e. The molecule has 0 radical (unpaired) electrons. The summed E-state index contributed by atoms with van der Waals surface area (Å²) in [4.78, 5) is 0. The average molecular weight is 263 g/mol. The van der Waals surface area contributed by atoms with Gasteiger partial charge in [0.15, 0.2) is 0 Å². The van der Waals surface area contributed by atoms with Gasteiger partial charge >= 0.3 is 0 Å². The lowest BCUT2D eigenvalue weighted by Crippen LogP contribution is -2.42. The van der Waals surface area contributed by atoms with Gasteiger partial charge in [-0.3, -0.25) is 0 Å². The molecule has 19 heavy (non-hydrogen) atoms. The van der Waals surface area contributed by atoms with E-state index in [-0.39, 0.29) is 6.04 Å². The highest BCUT2D eigenvalue weighted by Crippen LogP contribution is 2.27. The normalized spacial score (nSPS) is 25.2. The van der Waals surface area contributed by atoms with Crippen LogP contribution in [-0.2, 0) is 11.3 Å². The molecule has 0 aromatic heterocycles. The lowest BCUT2D eigenvalue weighted by molar-refractivity contribution is 0.0978. The van der Waals surface area contributed by atoms with Crippen LogP contribution in [0.2, 0.25) is 0 Å². The van der Waals surface area contributed by atoms with Gasteiger partial charge in [-0.1, -0.05) is 37.6 Å². The van der Waals surface area contributed by atoms with Gasteiger partial charge in [0.2, 0.25) is 0 Å². The molecule has 0 aliphatic carbocycles. The Morgan fingerprint density at radius 1 is 1.37 bits per heavy atom. The molecule has 3 heteroatoms. The molecule has 2 rings (SSSR count). The predicted octanol–water partition coefficient (Wildman–Crippen LogP) is 2.64. The fourth-order valence-corrected chi connectivity index (χ4v) is 2.85. The van der Waals surface area contributed by atoms with E-state index in [9.17, 15) is 5.11 Å². The van der Waals surface area contributed by atoms with Gasteiger partial charge in [-0.25, -0.2) is 0 Å². The van der Waals surface area contributed by atoms with Crippen molar-refractivity contribution in [3.8, 4) is 0 Å². The number of hydrogen-bond donors (Lipinski definition) is 2. The van der Waals surface area contributed by atoms with Crippen LogP contribution in [0.4, 0.5) is 0 Å². The van der Waals surface area contributed by atoms with Crippen LogP contribution >= 0.6 is 0 Å². The maximum absolute atomic E-state index is 10.5. The molecule has 3 nitrogen and oxygen atoms in total. The van der Waals surface area contributed by atoms with Crippen molar-refractivity contribution in [2.45, 2.75) is 44.9 Å². The van der Waals surface area contributed by atoms with Gasteiger partial charge < -0.3 is 15.2 Å². The molecule has 1 saturated heterocycles. The molecular formula is C16H25NO2. The fourth-order valence-electron chi connectivity index (χ4n) is 2.85. The number of methoxy groups -OCH3 is 1. The van der Waals surface area contributed by atoms with Gasteiger partial charge in [0.1, 0.15) is 0 Å². The first kappa shape index (κ1) is 14.5. The number of hydrogen-bond acceptors (Lipinski definition) is 3. The predicted molar refractivity (Wildman–Crippen MR) is 76.9 cm³/mol. The van der Waals surface area contributed by atoms with E-state index in [0.717, 1.165) is 30.0 Å². The Morgan fingerprint density at radius 3 is 2.74 bits per heavy atom. The van der Waals surface area contributed by atoms with Crippen molar-refractivity contribution < 1.29 is 9.84 Å². The highest BCUT2D eigenvalue weighted by Gasteiger charge is 2.26. The molecule has 1 aliphatic heterocycles. The van der Waals surface area contributed by atoms with Crippen molar-refractivity contribution in [3.63, 3.8) is 0 Å². The third-order valence-electron chi connectivity index (χ3n) is 4.14. The first-order valence-electron chi connectivity index (χ1n) is 7.23. The molecule has 0 amide bonds. The van der Waals surface area contributed by atoms with Crippen molar-refractivity contribution in [1.29, 1.82) is 0 Å². The lowest BCUT2D eigenvalue weighted by Gasteiger charge is -2.33. The molecule has 3 unspecified atom stereocenters. The third kappa shape index (κ3) is 3.78. The SMILES string of the molecule is CCC1CCNC(C(O)c2ccc(COC)cc2)C1. The topological polar surface area (TPSA) is 41.5 Å². The van der Waals surface area contributed by atoms with Crippen LogP contribution in [0.15, 0.2) is 24.3 Å². The summed E-state index contributed by atoms with van der Waals surface area (Å²) in [6.07, 6.45) is 3.09. The molecule has 2 N–H and O–H groups in total. The van der Waals surface area contributed by atoms with Gasteiger partial charge in [0.05, 0.1) is 12.7 Å². The van der Waals surface area contributed by atoms with E-state index in [1.54, 1.807) is 7.11 Å². The molecule has 1 aromatic carbocycles. The second-order valence-corrected chi connectivity index (χ2v) is 5.48. The maximum atomic E-state index is 10.5. The number of rotatable bonds is 5. The second-order valence-electron chi connectivity index (χ2n) is 5.48. The molecule has 1 aromatic rings. The van der Waals surface area contributed by atoms with Crippen LogP contribution in [0.1, 0.15) is 43.4 Å². The van der Waals surface area contributed by atoms with Gasteiger partial charge in [-0.2, -0.15) is 0 Å². The van der Waals surface area contributed by atoms with E-state index < -0.39 is 6.10 Å². The summed E-state index contributed by atoms with van der Waals surface area (Å²) >= 11 is 0. The molecule has 0 spiro atoms. The summed E-state index contributed by atoms with van der Waals surface area (Å²) in [5, 5.41) is 13.9. The van der Waals surface area contributed by atoms with Crippen LogP contribution in [0, 0.1) is 5.92 Å². The largest absolute Gasteiger partial charge is 0.387 e. The van der Waals surface area contributed by atoms with E-state index >= 15 is 0 Å². The first-order chi connectivity index (χ1) is 9.24. The second kappa shape index (κ2) is 7.04. The van der Waals surface area contributed by atoms with Gasteiger partial charge in [0, 0.05) is 13.2 Å². The Kier molecular flexibility index (Phi) is 5.37. The molecule has 1 fully saturated rings. The number of nitrogens with one attached hydrogen (secondary N) is 1. The minimum Gasteiger partial charge on any atom is -0.387 e. The summed E-state index contributed by atoms with van der Waals surface area (Å²) in [7, 11) is 1.69. The van der Waals surface area contributed by atoms with E-state index in [4.69, 9.17) is 4.74 Å². The van der Waals surface area contributed by atoms with E-state index in [2.05, 4.69) is 12.2 Å². The van der Waals surface area contributed by atoms with E-state index in [1.807, 2.05) is 24.3 Å². The van der Waals surface area contributed by atoms with Crippen molar-refractivity contribution in [2.75, 3.05) is 13.7 Å². The monoisotopic (exact) mass is 263 g/mol. The summed E-state index contributed by atoms with van der Waals surface area (Å²) < 4.78 is 5.10. The highest BCUT2D eigenvalue weighted by molar-refractivity contribution is 5.24. The molecule has 1 aliphatic rings. The van der Waals surface area contributed by atoms with Crippen LogP contribution < -0.4 is 5.32 Å². The van der Waals surface area contributed by atoms with Crippen LogP contribution in [-0.4, -0.2) is 24.8 Å². The fraction of sp³-hybridized carbons (Fsp3) is 0.625. The van der Waals surface area contributed by atoms with Gasteiger partial charge in [0.25, 0.3) is 0 Å². The van der Waals surface area contributed by atoms with E-state index in [1.165, 1.54) is 12.8 Å². The molecule has 106 valence electrons. The highest BCUT2D eigenvalue weighted by atomic mass is 16.5. The van der Waals surface area contributed by atoms with E-state index in [0.29, 0.717) is 6.61 Å². The van der Waals surface area contributed by atoms with Crippen LogP contribution in [0.3, 0.4) is 0 Å². The molecule has 3 atom stereocenters. The third-order valence-corrected chi connectivity index (χ3v) is 4.14. The Morgan fingerprint density at radius 2 is 2.11 bits per heavy atom. The average Bonchev–Trinajstić information content (AvgIpc) is 2.48. The first-order valence-corrected chi connectivity index (χ1v) is 7.23. The van der Waals surface area contributed by atoms with Gasteiger partial charge in [-0.05, 0) is 36.4 Å². The lowest BCUT2D eigenvalue weighted by atomic mass is 9.86. The Bertz CT molecular complexity index is 377. The summed E-state index contributed by atoms with van der Waals surface area (Å²) in [6, 6.07) is 8.27. The number of ether oxygens (including phenoxy) is 1. The zero-order valence-electron chi connectivity index (χ0n) is 11.9. The van der Waals surface area contributed by atoms with Crippen molar-refractivity contribution in [2.24, 2.45) is 5.92 Å².